The summed E-state index contributed by atoms with van der Waals surface area (Å²) in [5.74, 6) is 0.603. The van der Waals surface area contributed by atoms with Crippen molar-refractivity contribution >= 4 is 18.3 Å². The van der Waals surface area contributed by atoms with Crippen LogP contribution in [0.4, 0.5) is 0 Å². The highest BCUT2D eigenvalue weighted by Crippen LogP contribution is 2.15. The summed E-state index contributed by atoms with van der Waals surface area (Å²) in [6.07, 6.45) is 4.11. The number of aliphatic hydroxyl groups excluding tert-OH is 1. The Labute approximate surface area is 110 Å². The third-order valence-corrected chi connectivity index (χ3v) is 3.09. The van der Waals surface area contributed by atoms with Crippen molar-refractivity contribution < 1.29 is 9.90 Å². The molecule has 1 heterocycles. The van der Waals surface area contributed by atoms with Gasteiger partial charge in [-0.2, -0.15) is 0 Å². The van der Waals surface area contributed by atoms with Gasteiger partial charge in [0.25, 0.3) is 0 Å². The third kappa shape index (κ3) is 7.58. The molecule has 1 fully saturated rings. The Kier molecular flexibility index (Phi) is 9.50. The van der Waals surface area contributed by atoms with Crippen molar-refractivity contribution in [1.29, 1.82) is 0 Å². The van der Waals surface area contributed by atoms with Gasteiger partial charge in [-0.1, -0.05) is 13.3 Å². The van der Waals surface area contributed by atoms with Crippen LogP contribution in [0.2, 0.25) is 0 Å². The number of nitrogens with one attached hydrogen (secondary N) is 2. The van der Waals surface area contributed by atoms with Crippen LogP contribution in [0.5, 0.6) is 0 Å². The van der Waals surface area contributed by atoms with Gasteiger partial charge in [0, 0.05) is 13.0 Å². The first-order valence-electron chi connectivity index (χ1n) is 6.37. The predicted octanol–water partition coefficient (Wildman–Crippen LogP) is 1.08. The van der Waals surface area contributed by atoms with Crippen molar-refractivity contribution in [2.24, 2.45) is 5.92 Å². The van der Waals surface area contributed by atoms with Crippen molar-refractivity contribution in [2.45, 2.75) is 45.1 Å². The van der Waals surface area contributed by atoms with E-state index in [4.69, 9.17) is 0 Å². The Morgan fingerprint density at radius 1 is 1.47 bits per heavy atom. The highest BCUT2D eigenvalue weighted by Gasteiger charge is 2.16. The van der Waals surface area contributed by atoms with E-state index in [1.165, 1.54) is 0 Å². The summed E-state index contributed by atoms with van der Waals surface area (Å²) in [5.41, 5.74) is 0. The zero-order valence-corrected chi connectivity index (χ0v) is 11.4. The summed E-state index contributed by atoms with van der Waals surface area (Å²) in [5, 5.41) is 15.6. The number of halogens is 1. The third-order valence-electron chi connectivity index (χ3n) is 3.09. The minimum absolute atomic E-state index is 0. The van der Waals surface area contributed by atoms with E-state index < -0.39 is 0 Å². The van der Waals surface area contributed by atoms with E-state index in [2.05, 4.69) is 10.6 Å². The second kappa shape index (κ2) is 9.68. The van der Waals surface area contributed by atoms with Gasteiger partial charge >= 0.3 is 0 Å². The molecule has 1 aliphatic rings. The molecule has 0 spiro atoms. The SMILES string of the molecule is CCCC(O)CNC(=O)CC1CCNCC1.Cl. The van der Waals surface area contributed by atoms with E-state index in [-0.39, 0.29) is 24.4 Å². The molecule has 0 saturated carbocycles. The molecule has 0 aromatic rings. The van der Waals surface area contributed by atoms with Gasteiger partial charge in [-0.05, 0) is 38.3 Å². The maximum Gasteiger partial charge on any atom is 0.220 e. The zero-order valence-electron chi connectivity index (χ0n) is 10.6. The Morgan fingerprint density at radius 2 is 2.12 bits per heavy atom. The number of carbonyl (C=O) groups is 1. The molecule has 0 aliphatic carbocycles. The van der Waals surface area contributed by atoms with Crippen LogP contribution in [0.15, 0.2) is 0 Å². The average Bonchev–Trinajstić information content (AvgIpc) is 2.28. The fraction of sp³-hybridized carbons (Fsp3) is 0.917. The first-order valence-corrected chi connectivity index (χ1v) is 6.37. The summed E-state index contributed by atoms with van der Waals surface area (Å²) in [6, 6.07) is 0. The number of amides is 1. The minimum atomic E-state index is -0.387. The van der Waals surface area contributed by atoms with Crippen LogP contribution in [-0.4, -0.2) is 36.8 Å². The molecule has 1 saturated heterocycles. The van der Waals surface area contributed by atoms with Gasteiger partial charge in [0.2, 0.25) is 5.91 Å². The molecule has 1 unspecified atom stereocenters. The lowest BCUT2D eigenvalue weighted by Gasteiger charge is -2.22. The first-order chi connectivity index (χ1) is 7.72. The number of aliphatic hydroxyl groups is 1. The average molecular weight is 265 g/mol. The smallest absolute Gasteiger partial charge is 0.220 e. The number of carbonyl (C=O) groups excluding carboxylic acids is 1. The lowest BCUT2D eigenvalue weighted by Crippen LogP contribution is -2.35. The highest BCUT2D eigenvalue weighted by atomic mass is 35.5. The maximum atomic E-state index is 11.6. The van der Waals surface area contributed by atoms with Crippen molar-refractivity contribution in [2.75, 3.05) is 19.6 Å². The van der Waals surface area contributed by atoms with Crippen LogP contribution in [-0.2, 0) is 4.79 Å². The topological polar surface area (TPSA) is 61.4 Å². The van der Waals surface area contributed by atoms with Crippen molar-refractivity contribution in [3.05, 3.63) is 0 Å². The molecule has 0 bridgehead atoms. The second-order valence-corrected chi connectivity index (χ2v) is 4.64. The monoisotopic (exact) mass is 264 g/mol. The quantitative estimate of drug-likeness (QED) is 0.673. The standard InChI is InChI=1S/C12H24N2O2.ClH/c1-2-3-11(15)9-14-12(16)8-10-4-6-13-7-5-10;/h10-11,13,15H,2-9H2,1H3,(H,14,16);1H. The van der Waals surface area contributed by atoms with Crippen LogP contribution in [0.1, 0.15) is 39.0 Å². The van der Waals surface area contributed by atoms with Crippen molar-refractivity contribution in [3.8, 4) is 0 Å². The number of rotatable bonds is 6. The Balaban J connectivity index is 0.00000256. The molecule has 102 valence electrons. The van der Waals surface area contributed by atoms with E-state index in [1.54, 1.807) is 0 Å². The molecule has 3 N–H and O–H groups in total. The lowest BCUT2D eigenvalue weighted by atomic mass is 9.94. The summed E-state index contributed by atoms with van der Waals surface area (Å²) in [4.78, 5) is 11.6. The lowest BCUT2D eigenvalue weighted by molar-refractivity contribution is -0.122. The molecule has 1 atom stereocenters. The maximum absolute atomic E-state index is 11.6. The fourth-order valence-corrected chi connectivity index (χ4v) is 2.09. The molecule has 0 aromatic heterocycles. The van der Waals surface area contributed by atoms with Crippen molar-refractivity contribution in [3.63, 3.8) is 0 Å². The first kappa shape index (κ1) is 16.7. The van der Waals surface area contributed by atoms with Gasteiger partial charge in [-0.25, -0.2) is 0 Å². The van der Waals surface area contributed by atoms with Crippen molar-refractivity contribution in [1.82, 2.24) is 10.6 Å². The normalized spacial score (nSPS) is 18.2. The molecular formula is C12H25ClN2O2. The van der Waals surface area contributed by atoms with Gasteiger partial charge < -0.3 is 15.7 Å². The molecule has 1 aliphatic heterocycles. The van der Waals surface area contributed by atoms with Gasteiger partial charge in [0.05, 0.1) is 6.10 Å². The zero-order chi connectivity index (χ0) is 11.8. The van der Waals surface area contributed by atoms with Gasteiger partial charge in [-0.15, -0.1) is 12.4 Å². The molecule has 4 nitrogen and oxygen atoms in total. The van der Waals surface area contributed by atoms with Gasteiger partial charge in [0.1, 0.15) is 0 Å². The summed E-state index contributed by atoms with van der Waals surface area (Å²) in [6.45, 7) is 4.48. The van der Waals surface area contributed by atoms with Crippen LogP contribution in [0.3, 0.4) is 0 Å². The summed E-state index contributed by atoms with van der Waals surface area (Å²) < 4.78 is 0. The van der Waals surface area contributed by atoms with E-state index in [1.807, 2.05) is 6.92 Å². The minimum Gasteiger partial charge on any atom is -0.391 e. The van der Waals surface area contributed by atoms with Crippen LogP contribution in [0.25, 0.3) is 0 Å². The summed E-state index contributed by atoms with van der Waals surface area (Å²) >= 11 is 0. The van der Waals surface area contributed by atoms with Crippen LogP contribution < -0.4 is 10.6 Å². The van der Waals surface area contributed by atoms with Crippen LogP contribution >= 0.6 is 12.4 Å². The molecule has 1 rings (SSSR count). The molecule has 1 amide bonds. The summed E-state index contributed by atoms with van der Waals surface area (Å²) in [7, 11) is 0. The molecule has 0 aromatic carbocycles. The molecule has 0 radical (unpaired) electrons. The Bertz CT molecular complexity index is 209. The van der Waals surface area contributed by atoms with Gasteiger partial charge in [-0.3, -0.25) is 4.79 Å². The van der Waals surface area contributed by atoms with E-state index >= 15 is 0 Å². The van der Waals surface area contributed by atoms with E-state index in [9.17, 15) is 9.90 Å². The largest absolute Gasteiger partial charge is 0.391 e. The number of hydrogen-bond donors (Lipinski definition) is 3. The molecular weight excluding hydrogens is 240 g/mol. The fourth-order valence-electron chi connectivity index (χ4n) is 2.09. The Morgan fingerprint density at radius 3 is 2.71 bits per heavy atom. The van der Waals surface area contributed by atoms with Crippen LogP contribution in [0, 0.1) is 5.92 Å². The second-order valence-electron chi connectivity index (χ2n) is 4.64. The highest BCUT2D eigenvalue weighted by molar-refractivity contribution is 5.85. The van der Waals surface area contributed by atoms with E-state index in [0.29, 0.717) is 18.9 Å². The number of piperidine rings is 1. The molecule has 17 heavy (non-hydrogen) atoms. The number of hydrogen-bond acceptors (Lipinski definition) is 3. The Hall–Kier alpha value is -0.320. The molecule has 5 heteroatoms. The van der Waals surface area contributed by atoms with Gasteiger partial charge in [0.15, 0.2) is 0 Å². The van der Waals surface area contributed by atoms with E-state index in [0.717, 1.165) is 38.8 Å². The predicted molar refractivity (Wildman–Crippen MR) is 71.4 cm³/mol.